The van der Waals surface area contributed by atoms with E-state index in [4.69, 9.17) is 16.3 Å². The summed E-state index contributed by atoms with van der Waals surface area (Å²) in [4.78, 5) is 27.7. The molecule has 0 aromatic heterocycles. The number of nitrogens with zero attached hydrogens (tertiary/aromatic N) is 1. The second-order valence-corrected chi connectivity index (χ2v) is 8.74. The Bertz CT molecular complexity index is 925. The van der Waals surface area contributed by atoms with Crippen LogP contribution in [0.3, 0.4) is 0 Å². The summed E-state index contributed by atoms with van der Waals surface area (Å²) in [5, 5.41) is 3.67. The standard InChI is InChI=1S/C25H31ClN2O3/c1-17-12-13-18(2)23(14-17)31-16-24(29)28(15-20-8-4-7-11-22(20)26)19(3)25(30)27-21-9-5-6-10-21/h4,7-8,11-14,19,21H,5-6,9-10,15-16H2,1-3H3,(H,27,30)/t19-/m0/s1. The van der Waals surface area contributed by atoms with E-state index < -0.39 is 6.04 Å². The summed E-state index contributed by atoms with van der Waals surface area (Å²) in [6, 6.07) is 12.8. The Hall–Kier alpha value is -2.53. The minimum atomic E-state index is -0.633. The van der Waals surface area contributed by atoms with Crippen molar-refractivity contribution in [2.24, 2.45) is 0 Å². The lowest BCUT2D eigenvalue weighted by atomic mass is 10.1. The maximum Gasteiger partial charge on any atom is 0.261 e. The van der Waals surface area contributed by atoms with E-state index in [0.717, 1.165) is 42.4 Å². The summed E-state index contributed by atoms with van der Waals surface area (Å²) >= 11 is 6.34. The molecule has 1 aliphatic carbocycles. The molecular weight excluding hydrogens is 412 g/mol. The summed E-state index contributed by atoms with van der Waals surface area (Å²) in [5.74, 6) is 0.281. The smallest absolute Gasteiger partial charge is 0.261 e. The molecule has 31 heavy (non-hydrogen) atoms. The Labute approximate surface area is 189 Å². The molecule has 0 heterocycles. The number of nitrogens with one attached hydrogen (secondary N) is 1. The number of amides is 2. The van der Waals surface area contributed by atoms with Crippen LogP contribution < -0.4 is 10.1 Å². The summed E-state index contributed by atoms with van der Waals surface area (Å²) in [7, 11) is 0. The second kappa shape index (κ2) is 10.7. The van der Waals surface area contributed by atoms with Crippen molar-refractivity contribution in [3.63, 3.8) is 0 Å². The molecular formula is C25H31ClN2O3. The maximum absolute atomic E-state index is 13.2. The van der Waals surface area contributed by atoms with Gasteiger partial charge in [0.05, 0.1) is 0 Å². The molecule has 2 amide bonds. The highest BCUT2D eigenvalue weighted by molar-refractivity contribution is 6.31. The van der Waals surface area contributed by atoms with Crippen LogP contribution in [0.2, 0.25) is 5.02 Å². The fraction of sp³-hybridized carbons (Fsp3) is 0.440. The average Bonchev–Trinajstić information content (AvgIpc) is 3.26. The lowest BCUT2D eigenvalue weighted by Crippen LogP contribution is -2.50. The van der Waals surface area contributed by atoms with E-state index in [-0.39, 0.29) is 31.0 Å². The van der Waals surface area contributed by atoms with Crippen LogP contribution >= 0.6 is 11.6 Å². The van der Waals surface area contributed by atoms with E-state index in [1.807, 2.05) is 50.2 Å². The van der Waals surface area contributed by atoms with Crippen LogP contribution in [0.25, 0.3) is 0 Å². The maximum atomic E-state index is 13.2. The van der Waals surface area contributed by atoms with Gasteiger partial charge in [0, 0.05) is 17.6 Å². The van der Waals surface area contributed by atoms with Crippen molar-refractivity contribution in [1.82, 2.24) is 10.2 Å². The number of hydrogen-bond acceptors (Lipinski definition) is 3. The highest BCUT2D eigenvalue weighted by Gasteiger charge is 2.29. The quantitative estimate of drug-likeness (QED) is 0.638. The predicted molar refractivity (Wildman–Crippen MR) is 123 cm³/mol. The van der Waals surface area contributed by atoms with E-state index in [1.54, 1.807) is 17.9 Å². The van der Waals surface area contributed by atoms with Gasteiger partial charge in [-0.1, -0.05) is 54.8 Å². The van der Waals surface area contributed by atoms with Gasteiger partial charge in [0.1, 0.15) is 11.8 Å². The minimum absolute atomic E-state index is 0.140. The molecule has 1 aliphatic rings. The molecule has 1 N–H and O–H groups in total. The van der Waals surface area contributed by atoms with Gasteiger partial charge in [0.15, 0.2) is 6.61 Å². The van der Waals surface area contributed by atoms with Crippen molar-refractivity contribution in [3.8, 4) is 5.75 Å². The molecule has 2 aromatic carbocycles. The largest absolute Gasteiger partial charge is 0.483 e. The predicted octanol–water partition coefficient (Wildman–Crippen LogP) is 4.81. The van der Waals surface area contributed by atoms with Gasteiger partial charge in [-0.3, -0.25) is 9.59 Å². The minimum Gasteiger partial charge on any atom is -0.483 e. The third-order valence-electron chi connectivity index (χ3n) is 5.86. The van der Waals surface area contributed by atoms with Crippen molar-refractivity contribution in [2.45, 2.75) is 65.1 Å². The van der Waals surface area contributed by atoms with E-state index in [0.29, 0.717) is 10.8 Å². The Balaban J connectivity index is 1.75. The first-order chi connectivity index (χ1) is 14.8. The lowest BCUT2D eigenvalue weighted by Gasteiger charge is -2.30. The van der Waals surface area contributed by atoms with Gasteiger partial charge >= 0.3 is 0 Å². The van der Waals surface area contributed by atoms with Crippen molar-refractivity contribution in [3.05, 3.63) is 64.2 Å². The van der Waals surface area contributed by atoms with E-state index in [9.17, 15) is 9.59 Å². The first-order valence-electron chi connectivity index (χ1n) is 10.9. The van der Waals surface area contributed by atoms with Gasteiger partial charge in [0.25, 0.3) is 5.91 Å². The van der Waals surface area contributed by atoms with Crippen molar-refractivity contribution in [1.29, 1.82) is 0 Å². The molecule has 5 nitrogen and oxygen atoms in total. The monoisotopic (exact) mass is 442 g/mol. The van der Waals surface area contributed by atoms with Gasteiger partial charge in [-0.2, -0.15) is 0 Å². The zero-order valence-corrected chi connectivity index (χ0v) is 19.2. The number of rotatable bonds is 8. The first kappa shape index (κ1) is 23.1. The molecule has 0 radical (unpaired) electrons. The zero-order chi connectivity index (χ0) is 22.4. The lowest BCUT2D eigenvalue weighted by molar-refractivity contribution is -0.142. The van der Waals surface area contributed by atoms with E-state index >= 15 is 0 Å². The number of carbonyl (C=O) groups is 2. The van der Waals surface area contributed by atoms with Crippen LogP contribution in [0, 0.1) is 13.8 Å². The van der Waals surface area contributed by atoms with Gasteiger partial charge in [0.2, 0.25) is 5.91 Å². The van der Waals surface area contributed by atoms with Gasteiger partial charge < -0.3 is 15.0 Å². The zero-order valence-electron chi connectivity index (χ0n) is 18.5. The normalized spacial score (nSPS) is 14.8. The van der Waals surface area contributed by atoms with Gasteiger partial charge in [-0.25, -0.2) is 0 Å². The van der Waals surface area contributed by atoms with Gasteiger partial charge in [-0.15, -0.1) is 0 Å². The number of benzene rings is 2. The Morgan fingerprint density at radius 1 is 1.16 bits per heavy atom. The number of ether oxygens (including phenoxy) is 1. The Morgan fingerprint density at radius 3 is 2.58 bits per heavy atom. The average molecular weight is 443 g/mol. The number of hydrogen-bond donors (Lipinski definition) is 1. The summed E-state index contributed by atoms with van der Waals surface area (Å²) in [6.45, 7) is 5.78. The van der Waals surface area contributed by atoms with Crippen LogP contribution in [0.1, 0.15) is 49.3 Å². The van der Waals surface area contributed by atoms with Crippen molar-refractivity contribution < 1.29 is 14.3 Å². The first-order valence-corrected chi connectivity index (χ1v) is 11.3. The van der Waals surface area contributed by atoms with E-state index in [2.05, 4.69) is 5.32 Å². The van der Waals surface area contributed by atoms with Crippen LogP contribution in [0.4, 0.5) is 0 Å². The van der Waals surface area contributed by atoms with Crippen LogP contribution in [0.5, 0.6) is 5.75 Å². The molecule has 6 heteroatoms. The molecule has 166 valence electrons. The SMILES string of the molecule is Cc1ccc(C)c(OCC(=O)N(Cc2ccccc2Cl)[C@@H](C)C(=O)NC2CCCC2)c1. The summed E-state index contributed by atoms with van der Waals surface area (Å²) < 4.78 is 5.84. The Morgan fingerprint density at radius 2 is 1.87 bits per heavy atom. The summed E-state index contributed by atoms with van der Waals surface area (Å²) in [6.07, 6.45) is 4.25. The third-order valence-corrected chi connectivity index (χ3v) is 6.23. The molecule has 0 spiro atoms. The molecule has 0 aliphatic heterocycles. The van der Waals surface area contributed by atoms with Crippen molar-refractivity contribution in [2.75, 3.05) is 6.61 Å². The topological polar surface area (TPSA) is 58.6 Å². The molecule has 2 aromatic rings. The third kappa shape index (κ3) is 6.23. The molecule has 3 rings (SSSR count). The second-order valence-electron chi connectivity index (χ2n) is 8.34. The summed E-state index contributed by atoms with van der Waals surface area (Å²) in [5.41, 5.74) is 2.82. The van der Waals surface area contributed by atoms with Crippen LogP contribution in [-0.2, 0) is 16.1 Å². The van der Waals surface area contributed by atoms with E-state index in [1.165, 1.54) is 0 Å². The fourth-order valence-corrected chi connectivity index (χ4v) is 4.07. The van der Waals surface area contributed by atoms with Crippen LogP contribution in [0.15, 0.2) is 42.5 Å². The van der Waals surface area contributed by atoms with Crippen molar-refractivity contribution >= 4 is 23.4 Å². The number of aryl methyl sites for hydroxylation is 2. The fourth-order valence-electron chi connectivity index (χ4n) is 3.87. The van der Waals surface area contributed by atoms with Gasteiger partial charge in [-0.05, 0) is 62.4 Å². The number of carbonyl (C=O) groups excluding carboxylic acids is 2. The highest BCUT2D eigenvalue weighted by Crippen LogP contribution is 2.22. The molecule has 1 atom stereocenters. The molecule has 0 unspecified atom stereocenters. The molecule has 1 saturated carbocycles. The molecule has 0 saturated heterocycles. The Kier molecular flexibility index (Phi) is 7.97. The highest BCUT2D eigenvalue weighted by atomic mass is 35.5. The molecule has 0 bridgehead atoms. The number of halogens is 1. The van der Waals surface area contributed by atoms with Crippen LogP contribution in [-0.4, -0.2) is 35.4 Å². The molecule has 1 fully saturated rings.